The minimum atomic E-state index is -0.228. The highest BCUT2D eigenvalue weighted by Crippen LogP contribution is 2.25. The lowest BCUT2D eigenvalue weighted by Crippen LogP contribution is -2.50. The van der Waals surface area contributed by atoms with Gasteiger partial charge >= 0.3 is 0 Å². The predicted molar refractivity (Wildman–Crippen MR) is 79.8 cm³/mol. The number of benzene rings is 1. The van der Waals surface area contributed by atoms with Crippen molar-refractivity contribution in [3.8, 4) is 0 Å². The Morgan fingerprint density at radius 2 is 2.00 bits per heavy atom. The number of amides is 3. The molecule has 1 aromatic rings. The first kappa shape index (κ1) is 14.1. The number of hydrogen-bond acceptors (Lipinski definition) is 4. The largest absolute Gasteiger partial charge is 0.347 e. The molecule has 2 aliphatic heterocycles. The maximum atomic E-state index is 12.6. The van der Waals surface area contributed by atoms with Crippen LogP contribution in [0.25, 0.3) is 0 Å². The summed E-state index contributed by atoms with van der Waals surface area (Å²) in [5.41, 5.74) is 1.40. The van der Waals surface area contributed by atoms with Crippen LogP contribution in [0, 0.1) is 0 Å². The Kier molecular flexibility index (Phi) is 3.96. The van der Waals surface area contributed by atoms with E-state index in [1.165, 1.54) is 4.90 Å². The zero-order valence-corrected chi connectivity index (χ0v) is 12.3. The summed E-state index contributed by atoms with van der Waals surface area (Å²) in [6.07, 6.45) is 1.14. The van der Waals surface area contributed by atoms with E-state index < -0.39 is 0 Å². The molecule has 1 saturated heterocycles. The first-order valence-corrected chi connectivity index (χ1v) is 8.11. The Bertz CT molecular complexity index is 602. The third-order valence-electron chi connectivity index (χ3n) is 3.83. The molecule has 1 aromatic carbocycles. The molecule has 0 aromatic heterocycles. The minimum Gasteiger partial charge on any atom is -0.347 e. The monoisotopic (exact) mass is 304 g/mol. The smallest absolute Gasteiger partial charge is 0.261 e. The normalized spacial score (nSPS) is 23.1. The topological polar surface area (TPSA) is 66.5 Å². The third-order valence-corrected chi connectivity index (χ3v) is 4.80. The Hall–Kier alpha value is -1.82. The predicted octanol–water partition coefficient (Wildman–Crippen LogP) is 1.18. The number of carbonyl (C=O) groups is 3. The average Bonchev–Trinajstić information content (AvgIpc) is 2.45. The number of imide groups is 1. The molecule has 1 fully saturated rings. The van der Waals surface area contributed by atoms with Crippen LogP contribution in [-0.2, 0) is 16.0 Å². The first-order valence-electron chi connectivity index (χ1n) is 6.95. The van der Waals surface area contributed by atoms with Gasteiger partial charge in [0.05, 0.1) is 12.3 Å². The number of fused-ring (bicyclic) bond motifs is 1. The van der Waals surface area contributed by atoms with Gasteiger partial charge in [-0.2, -0.15) is 0 Å². The van der Waals surface area contributed by atoms with Gasteiger partial charge in [-0.25, -0.2) is 0 Å². The maximum Gasteiger partial charge on any atom is 0.261 e. The van der Waals surface area contributed by atoms with Gasteiger partial charge in [0.25, 0.3) is 5.91 Å². The zero-order chi connectivity index (χ0) is 14.8. The van der Waals surface area contributed by atoms with Crippen LogP contribution in [0.4, 0.5) is 0 Å². The van der Waals surface area contributed by atoms with E-state index >= 15 is 0 Å². The summed E-state index contributed by atoms with van der Waals surface area (Å²) in [5.74, 6) is 0.783. The summed E-state index contributed by atoms with van der Waals surface area (Å²) < 4.78 is 0. The molecule has 6 heteroatoms. The van der Waals surface area contributed by atoms with Crippen LogP contribution in [-0.4, -0.2) is 40.3 Å². The van der Waals surface area contributed by atoms with Crippen LogP contribution in [0.1, 0.15) is 28.8 Å². The van der Waals surface area contributed by atoms with Crippen LogP contribution >= 0.6 is 11.8 Å². The third kappa shape index (κ3) is 2.81. The molecule has 2 heterocycles. The molecule has 2 aliphatic rings. The van der Waals surface area contributed by atoms with Crippen molar-refractivity contribution in [2.75, 3.05) is 11.6 Å². The number of thioether (sulfide) groups is 1. The molecule has 1 atom stereocenters. The van der Waals surface area contributed by atoms with Gasteiger partial charge in [0, 0.05) is 23.8 Å². The van der Waals surface area contributed by atoms with Gasteiger partial charge in [-0.3, -0.25) is 19.3 Å². The van der Waals surface area contributed by atoms with E-state index in [1.807, 2.05) is 18.2 Å². The standard InChI is InChI=1S/C15H16N2O3S/c18-13-6-5-11(8-21-9-16-13)17-14(19)7-10-3-1-2-4-12(10)15(17)20/h1-4,11H,5-9H2,(H,16,18). The van der Waals surface area contributed by atoms with E-state index in [9.17, 15) is 14.4 Å². The molecule has 21 heavy (non-hydrogen) atoms. The highest BCUT2D eigenvalue weighted by atomic mass is 32.2. The molecule has 3 amide bonds. The Balaban J connectivity index is 1.86. The Morgan fingerprint density at radius 3 is 2.86 bits per heavy atom. The van der Waals surface area contributed by atoms with Crippen molar-refractivity contribution in [3.63, 3.8) is 0 Å². The van der Waals surface area contributed by atoms with E-state index in [1.54, 1.807) is 17.8 Å². The SMILES string of the molecule is O=C1CCC(N2C(=O)Cc3ccccc3C2=O)CSCN1. The fourth-order valence-corrected chi connectivity index (χ4v) is 3.71. The van der Waals surface area contributed by atoms with Gasteiger partial charge in [-0.05, 0) is 18.1 Å². The quantitative estimate of drug-likeness (QED) is 0.791. The summed E-state index contributed by atoms with van der Waals surface area (Å²) in [5, 5.41) is 2.78. The lowest BCUT2D eigenvalue weighted by Gasteiger charge is -2.34. The second-order valence-electron chi connectivity index (χ2n) is 5.21. The van der Waals surface area contributed by atoms with Crippen molar-refractivity contribution in [1.82, 2.24) is 10.2 Å². The van der Waals surface area contributed by atoms with Crippen LogP contribution in [0.3, 0.4) is 0 Å². The van der Waals surface area contributed by atoms with Gasteiger partial charge in [-0.1, -0.05) is 18.2 Å². The van der Waals surface area contributed by atoms with Crippen molar-refractivity contribution < 1.29 is 14.4 Å². The number of rotatable bonds is 1. The molecular formula is C15H16N2O3S. The van der Waals surface area contributed by atoms with Gasteiger partial charge in [0.2, 0.25) is 11.8 Å². The fraction of sp³-hybridized carbons (Fsp3) is 0.400. The summed E-state index contributed by atoms with van der Waals surface area (Å²) >= 11 is 1.54. The average molecular weight is 304 g/mol. The molecule has 110 valence electrons. The van der Waals surface area contributed by atoms with Crippen molar-refractivity contribution in [3.05, 3.63) is 35.4 Å². The first-order chi connectivity index (χ1) is 10.2. The highest BCUT2D eigenvalue weighted by Gasteiger charge is 2.36. The fourth-order valence-electron chi connectivity index (χ4n) is 2.74. The van der Waals surface area contributed by atoms with E-state index in [0.29, 0.717) is 30.0 Å². The Morgan fingerprint density at radius 1 is 1.19 bits per heavy atom. The van der Waals surface area contributed by atoms with Crippen molar-refractivity contribution in [1.29, 1.82) is 0 Å². The van der Waals surface area contributed by atoms with E-state index in [-0.39, 0.29) is 30.2 Å². The number of carbonyl (C=O) groups excluding carboxylic acids is 3. The molecule has 0 radical (unpaired) electrons. The minimum absolute atomic E-state index is 0.0236. The zero-order valence-electron chi connectivity index (χ0n) is 11.5. The van der Waals surface area contributed by atoms with Crippen LogP contribution in [0.2, 0.25) is 0 Å². The molecule has 5 nitrogen and oxygen atoms in total. The molecule has 1 N–H and O–H groups in total. The van der Waals surface area contributed by atoms with Gasteiger partial charge < -0.3 is 5.32 Å². The molecule has 0 saturated carbocycles. The molecular weight excluding hydrogens is 288 g/mol. The second-order valence-corrected chi connectivity index (χ2v) is 6.24. The second kappa shape index (κ2) is 5.89. The van der Waals surface area contributed by atoms with Gasteiger partial charge in [-0.15, -0.1) is 11.8 Å². The van der Waals surface area contributed by atoms with Crippen LogP contribution < -0.4 is 5.32 Å². The number of nitrogens with zero attached hydrogens (tertiary/aromatic N) is 1. The highest BCUT2D eigenvalue weighted by molar-refractivity contribution is 7.99. The summed E-state index contributed by atoms with van der Waals surface area (Å²) in [6.45, 7) is 0. The molecule has 0 aliphatic carbocycles. The lowest BCUT2D eigenvalue weighted by molar-refractivity contribution is -0.130. The molecule has 0 bridgehead atoms. The molecule has 0 spiro atoms. The summed E-state index contributed by atoms with van der Waals surface area (Å²) in [4.78, 5) is 37.8. The Labute approximate surface area is 127 Å². The van der Waals surface area contributed by atoms with Gasteiger partial charge in [0.15, 0.2) is 0 Å². The van der Waals surface area contributed by atoms with Crippen molar-refractivity contribution >= 4 is 29.5 Å². The maximum absolute atomic E-state index is 12.6. The number of nitrogens with one attached hydrogen (secondary N) is 1. The van der Waals surface area contributed by atoms with Crippen molar-refractivity contribution in [2.45, 2.75) is 25.3 Å². The molecule has 1 unspecified atom stereocenters. The van der Waals surface area contributed by atoms with E-state index in [0.717, 1.165) is 5.56 Å². The van der Waals surface area contributed by atoms with E-state index in [4.69, 9.17) is 0 Å². The lowest BCUT2D eigenvalue weighted by atomic mass is 9.96. The summed E-state index contributed by atoms with van der Waals surface area (Å²) in [7, 11) is 0. The van der Waals surface area contributed by atoms with Crippen molar-refractivity contribution in [2.24, 2.45) is 0 Å². The molecule has 3 rings (SSSR count). The van der Waals surface area contributed by atoms with Gasteiger partial charge in [0.1, 0.15) is 0 Å². The van der Waals surface area contributed by atoms with E-state index in [2.05, 4.69) is 5.32 Å². The van der Waals surface area contributed by atoms with Crippen LogP contribution in [0.5, 0.6) is 0 Å². The number of hydrogen-bond donors (Lipinski definition) is 1. The van der Waals surface area contributed by atoms with Crippen LogP contribution in [0.15, 0.2) is 24.3 Å². The summed E-state index contributed by atoms with van der Waals surface area (Å²) in [6, 6.07) is 7.04.